The number of hydrogen-bond donors (Lipinski definition) is 1. The maximum atomic E-state index is 12.8. The Kier molecular flexibility index (Phi) is 4.32. The van der Waals surface area contributed by atoms with Crippen molar-refractivity contribution in [1.82, 2.24) is 0 Å². The summed E-state index contributed by atoms with van der Waals surface area (Å²) in [4.78, 5) is 0. The predicted molar refractivity (Wildman–Crippen MR) is 53.0 cm³/mol. The van der Waals surface area contributed by atoms with Gasteiger partial charge in [0.15, 0.2) is 0 Å². The molecule has 0 heterocycles. The van der Waals surface area contributed by atoms with Gasteiger partial charge in [-0.3, -0.25) is 0 Å². The van der Waals surface area contributed by atoms with E-state index in [2.05, 4.69) is 0 Å². The molecule has 14 heavy (non-hydrogen) atoms. The fraction of sp³-hybridized carbons (Fsp3) is 0.400. The average molecular weight is 219 g/mol. The van der Waals surface area contributed by atoms with Gasteiger partial charge in [-0.15, -0.1) is 0 Å². The second kappa shape index (κ2) is 5.29. The number of methoxy groups -OCH3 is 1. The minimum atomic E-state index is -0.582. The van der Waals surface area contributed by atoms with Gasteiger partial charge < -0.3 is 9.84 Å². The van der Waals surface area contributed by atoms with E-state index in [1.165, 1.54) is 19.2 Å². The van der Waals surface area contributed by atoms with Gasteiger partial charge in [-0.1, -0.05) is 17.7 Å². The average Bonchev–Trinajstić information content (AvgIpc) is 2.12. The molecule has 78 valence electrons. The maximum Gasteiger partial charge on any atom is 0.141 e. The fourth-order valence-electron chi connectivity index (χ4n) is 1.19. The lowest BCUT2D eigenvalue weighted by atomic mass is 10.1. The second-order valence-electron chi connectivity index (χ2n) is 3.06. The topological polar surface area (TPSA) is 29.5 Å². The van der Waals surface area contributed by atoms with Gasteiger partial charge in [-0.25, -0.2) is 4.39 Å². The number of aliphatic hydroxyl groups excluding tert-OH is 1. The van der Waals surface area contributed by atoms with E-state index in [-0.39, 0.29) is 11.6 Å². The van der Waals surface area contributed by atoms with Crippen LogP contribution in [-0.2, 0) is 11.2 Å². The number of benzene rings is 1. The molecule has 0 saturated heterocycles. The first-order valence-electron chi connectivity index (χ1n) is 4.24. The van der Waals surface area contributed by atoms with Crippen molar-refractivity contribution in [3.8, 4) is 0 Å². The van der Waals surface area contributed by atoms with Gasteiger partial charge in [0.25, 0.3) is 0 Å². The molecule has 1 unspecified atom stereocenters. The number of aliphatic hydroxyl groups is 1. The van der Waals surface area contributed by atoms with Crippen molar-refractivity contribution in [2.45, 2.75) is 12.5 Å². The van der Waals surface area contributed by atoms with E-state index in [0.717, 1.165) is 5.56 Å². The molecule has 1 N–H and O–H groups in total. The maximum absolute atomic E-state index is 12.8. The lowest BCUT2D eigenvalue weighted by Crippen LogP contribution is -2.16. The molecule has 0 fully saturated rings. The van der Waals surface area contributed by atoms with Gasteiger partial charge in [0, 0.05) is 13.5 Å². The first kappa shape index (κ1) is 11.4. The van der Waals surface area contributed by atoms with E-state index in [4.69, 9.17) is 16.3 Å². The van der Waals surface area contributed by atoms with Crippen LogP contribution in [0.3, 0.4) is 0 Å². The van der Waals surface area contributed by atoms with Crippen molar-refractivity contribution in [3.05, 3.63) is 34.6 Å². The second-order valence-corrected chi connectivity index (χ2v) is 3.47. The number of rotatable bonds is 4. The summed E-state index contributed by atoms with van der Waals surface area (Å²) in [6, 6.07) is 4.40. The van der Waals surface area contributed by atoms with E-state index in [9.17, 15) is 9.50 Å². The Morgan fingerprint density at radius 2 is 2.29 bits per heavy atom. The van der Waals surface area contributed by atoms with Gasteiger partial charge in [-0.05, 0) is 17.7 Å². The molecule has 0 aliphatic heterocycles. The fourth-order valence-corrected chi connectivity index (χ4v) is 1.39. The van der Waals surface area contributed by atoms with Crippen LogP contribution >= 0.6 is 11.6 Å². The summed E-state index contributed by atoms with van der Waals surface area (Å²) in [5.74, 6) is -0.448. The molecular formula is C10H12ClFO2. The van der Waals surface area contributed by atoms with Crippen LogP contribution in [0.5, 0.6) is 0 Å². The van der Waals surface area contributed by atoms with Gasteiger partial charge in [-0.2, -0.15) is 0 Å². The molecule has 1 atom stereocenters. The van der Waals surface area contributed by atoms with E-state index in [1.54, 1.807) is 6.07 Å². The van der Waals surface area contributed by atoms with Gasteiger partial charge in [0.2, 0.25) is 0 Å². The number of halogens is 2. The molecule has 2 nitrogen and oxygen atoms in total. The monoisotopic (exact) mass is 218 g/mol. The van der Waals surface area contributed by atoms with Crippen LogP contribution < -0.4 is 0 Å². The Bertz CT molecular complexity index is 304. The highest BCUT2D eigenvalue weighted by atomic mass is 35.5. The van der Waals surface area contributed by atoms with Crippen molar-refractivity contribution >= 4 is 11.6 Å². The molecule has 0 aliphatic carbocycles. The predicted octanol–water partition coefficient (Wildman–Crippen LogP) is 2.03. The first-order chi connectivity index (χ1) is 6.63. The minimum absolute atomic E-state index is 0.0760. The minimum Gasteiger partial charge on any atom is -0.390 e. The third-order valence-electron chi connectivity index (χ3n) is 1.81. The third kappa shape index (κ3) is 3.25. The summed E-state index contributed by atoms with van der Waals surface area (Å²) in [5.41, 5.74) is 0.793. The summed E-state index contributed by atoms with van der Waals surface area (Å²) in [5, 5.41) is 9.48. The summed E-state index contributed by atoms with van der Waals surface area (Å²) in [6.07, 6.45) is -0.171. The van der Waals surface area contributed by atoms with Gasteiger partial charge >= 0.3 is 0 Å². The molecule has 0 amide bonds. The molecule has 0 spiro atoms. The highest BCUT2D eigenvalue weighted by Crippen LogP contribution is 2.16. The van der Waals surface area contributed by atoms with Crippen LogP contribution in [0.4, 0.5) is 4.39 Å². The van der Waals surface area contributed by atoms with E-state index in [1.807, 2.05) is 0 Å². The van der Waals surface area contributed by atoms with E-state index >= 15 is 0 Å². The lowest BCUT2D eigenvalue weighted by Gasteiger charge is -2.09. The molecule has 0 bridgehead atoms. The number of hydrogen-bond acceptors (Lipinski definition) is 2. The largest absolute Gasteiger partial charge is 0.390 e. The lowest BCUT2D eigenvalue weighted by molar-refractivity contribution is 0.0650. The van der Waals surface area contributed by atoms with Crippen LogP contribution in [-0.4, -0.2) is 24.9 Å². The van der Waals surface area contributed by atoms with E-state index in [0.29, 0.717) is 6.42 Å². The van der Waals surface area contributed by atoms with Crippen LogP contribution in [0.1, 0.15) is 5.56 Å². The highest BCUT2D eigenvalue weighted by Gasteiger charge is 2.06. The molecule has 0 saturated carbocycles. The van der Waals surface area contributed by atoms with Gasteiger partial charge in [0.05, 0.1) is 17.7 Å². The Morgan fingerprint density at radius 1 is 1.57 bits per heavy atom. The third-order valence-corrected chi connectivity index (χ3v) is 2.10. The van der Waals surface area contributed by atoms with Crippen LogP contribution in [0.15, 0.2) is 18.2 Å². The summed E-state index contributed by atoms with van der Waals surface area (Å²) in [7, 11) is 1.51. The zero-order chi connectivity index (χ0) is 10.6. The zero-order valence-corrected chi connectivity index (χ0v) is 8.59. The summed E-state index contributed by atoms with van der Waals surface area (Å²) in [6.45, 7) is 0.259. The Balaban J connectivity index is 2.63. The molecular weight excluding hydrogens is 207 g/mol. The normalized spacial score (nSPS) is 12.9. The van der Waals surface area contributed by atoms with Crippen molar-refractivity contribution in [2.24, 2.45) is 0 Å². The van der Waals surface area contributed by atoms with Crippen molar-refractivity contribution in [1.29, 1.82) is 0 Å². The molecule has 1 aromatic rings. The smallest absolute Gasteiger partial charge is 0.141 e. The van der Waals surface area contributed by atoms with Crippen molar-refractivity contribution in [3.63, 3.8) is 0 Å². The SMILES string of the molecule is COCC(O)Cc1ccc(F)c(Cl)c1. The molecule has 0 aliphatic rings. The van der Waals surface area contributed by atoms with Gasteiger partial charge in [0.1, 0.15) is 5.82 Å². The molecule has 1 aromatic carbocycles. The quantitative estimate of drug-likeness (QED) is 0.838. The Morgan fingerprint density at radius 3 is 2.86 bits per heavy atom. The number of ether oxygens (including phenoxy) is 1. The standard InChI is InChI=1S/C10H12ClFO2/c1-14-6-8(13)4-7-2-3-10(12)9(11)5-7/h2-3,5,8,13H,4,6H2,1H3. The summed E-state index contributed by atoms with van der Waals surface area (Å²) < 4.78 is 17.5. The molecule has 0 radical (unpaired) electrons. The van der Waals surface area contributed by atoms with E-state index < -0.39 is 11.9 Å². The van der Waals surface area contributed by atoms with Crippen LogP contribution in [0, 0.1) is 5.82 Å². The van der Waals surface area contributed by atoms with Crippen molar-refractivity contribution in [2.75, 3.05) is 13.7 Å². The highest BCUT2D eigenvalue weighted by molar-refractivity contribution is 6.30. The summed E-state index contributed by atoms with van der Waals surface area (Å²) >= 11 is 5.59. The molecule has 1 rings (SSSR count). The molecule has 4 heteroatoms. The van der Waals surface area contributed by atoms with Crippen molar-refractivity contribution < 1.29 is 14.2 Å². The first-order valence-corrected chi connectivity index (χ1v) is 4.62. The zero-order valence-electron chi connectivity index (χ0n) is 7.84. The Hall–Kier alpha value is -0.640. The molecule has 0 aromatic heterocycles. The Labute approximate surface area is 87.3 Å². The van der Waals surface area contributed by atoms with Crippen LogP contribution in [0.25, 0.3) is 0 Å². The van der Waals surface area contributed by atoms with Crippen LogP contribution in [0.2, 0.25) is 5.02 Å².